The Hall–Kier alpha value is -1.21. The van der Waals surface area contributed by atoms with Crippen LogP contribution in [0, 0.1) is 5.82 Å². The van der Waals surface area contributed by atoms with E-state index in [2.05, 4.69) is 21.2 Å². The molecule has 1 nitrogen and oxygen atoms in total. The number of thioether (sulfide) groups is 1. The van der Waals surface area contributed by atoms with Crippen molar-refractivity contribution >= 4 is 33.4 Å². The van der Waals surface area contributed by atoms with E-state index in [4.69, 9.17) is 0 Å². The van der Waals surface area contributed by atoms with Crippen molar-refractivity contribution in [1.29, 1.82) is 0 Å². The lowest BCUT2D eigenvalue weighted by Gasteiger charge is -2.13. The van der Waals surface area contributed by atoms with Crippen LogP contribution >= 0.6 is 27.7 Å². The molecule has 2 aromatic carbocycles. The molecular formula is C14H10BrF4NS. The zero-order valence-electron chi connectivity index (χ0n) is 10.5. The molecule has 0 aliphatic heterocycles. The molecule has 0 spiro atoms. The van der Waals surface area contributed by atoms with Gasteiger partial charge in [0.15, 0.2) is 0 Å². The number of halogens is 5. The summed E-state index contributed by atoms with van der Waals surface area (Å²) < 4.78 is 51.7. The van der Waals surface area contributed by atoms with Gasteiger partial charge < -0.3 is 5.32 Å². The van der Waals surface area contributed by atoms with Gasteiger partial charge in [-0.1, -0.05) is 28.1 Å². The number of alkyl halides is 3. The van der Waals surface area contributed by atoms with E-state index in [-0.39, 0.29) is 23.2 Å². The molecule has 0 aliphatic rings. The Morgan fingerprint density at radius 3 is 2.52 bits per heavy atom. The predicted octanol–water partition coefficient (Wildman–Crippen LogP) is 5.81. The van der Waals surface area contributed by atoms with Gasteiger partial charge in [0.2, 0.25) is 0 Å². The number of nitrogens with one attached hydrogen (secondary N) is 1. The Balaban J connectivity index is 2.15. The molecule has 0 saturated carbocycles. The molecule has 0 aliphatic carbocycles. The van der Waals surface area contributed by atoms with Gasteiger partial charge in [0.05, 0.1) is 0 Å². The van der Waals surface area contributed by atoms with Gasteiger partial charge in [-0.3, -0.25) is 0 Å². The van der Waals surface area contributed by atoms with Crippen molar-refractivity contribution in [3.8, 4) is 0 Å². The minimum absolute atomic E-state index is 0.0559. The van der Waals surface area contributed by atoms with Gasteiger partial charge in [0, 0.05) is 27.2 Å². The maximum absolute atomic E-state index is 13.6. The highest BCUT2D eigenvalue weighted by molar-refractivity contribution is 9.10. The van der Waals surface area contributed by atoms with Gasteiger partial charge in [-0.25, -0.2) is 4.39 Å². The number of hydrogen-bond acceptors (Lipinski definition) is 2. The van der Waals surface area contributed by atoms with E-state index in [9.17, 15) is 17.6 Å². The van der Waals surface area contributed by atoms with Gasteiger partial charge in [-0.05, 0) is 42.1 Å². The van der Waals surface area contributed by atoms with Crippen LogP contribution in [0.2, 0.25) is 0 Å². The van der Waals surface area contributed by atoms with E-state index in [1.54, 1.807) is 18.2 Å². The highest BCUT2D eigenvalue weighted by atomic mass is 79.9. The first kappa shape index (κ1) is 16.2. The van der Waals surface area contributed by atoms with Crippen molar-refractivity contribution in [2.24, 2.45) is 0 Å². The van der Waals surface area contributed by atoms with Crippen molar-refractivity contribution in [2.45, 2.75) is 16.9 Å². The molecule has 0 bridgehead atoms. The fourth-order valence-corrected chi connectivity index (χ4v) is 2.75. The first-order valence-electron chi connectivity index (χ1n) is 5.88. The van der Waals surface area contributed by atoms with Crippen LogP contribution in [0.4, 0.5) is 23.2 Å². The highest BCUT2D eigenvalue weighted by Crippen LogP contribution is 2.40. The van der Waals surface area contributed by atoms with Gasteiger partial charge in [0.1, 0.15) is 5.82 Å². The molecule has 112 valence electrons. The van der Waals surface area contributed by atoms with Crippen LogP contribution in [0.15, 0.2) is 51.8 Å². The Kier molecular flexibility index (Phi) is 5.16. The Bertz CT molecular complexity index is 631. The second-order valence-electron chi connectivity index (χ2n) is 4.13. The summed E-state index contributed by atoms with van der Waals surface area (Å²) in [4.78, 5) is 0.0559. The van der Waals surface area contributed by atoms with E-state index in [0.29, 0.717) is 15.7 Å². The standard InChI is InChI=1S/C14H10BrF4NS/c15-10-5-6-11(16)9(7-10)8-20-12-3-1-2-4-13(12)21-14(17,18)19/h1-7,20H,8H2. The van der Waals surface area contributed by atoms with Gasteiger partial charge in [-0.2, -0.15) is 13.2 Å². The number of para-hydroxylation sites is 1. The third-order valence-corrected chi connectivity index (χ3v) is 3.89. The molecule has 0 saturated heterocycles. The predicted molar refractivity (Wildman–Crippen MR) is 79.8 cm³/mol. The summed E-state index contributed by atoms with van der Waals surface area (Å²) in [5, 5.41) is 2.84. The number of anilines is 1. The molecule has 0 fully saturated rings. The molecule has 0 unspecified atom stereocenters. The smallest absolute Gasteiger partial charge is 0.380 e. The first-order valence-corrected chi connectivity index (χ1v) is 7.49. The van der Waals surface area contributed by atoms with Crippen LogP contribution in [-0.4, -0.2) is 5.51 Å². The van der Waals surface area contributed by atoms with Crippen molar-refractivity contribution in [1.82, 2.24) is 0 Å². The molecule has 2 aromatic rings. The second kappa shape index (κ2) is 6.70. The molecule has 0 radical (unpaired) electrons. The topological polar surface area (TPSA) is 12.0 Å². The zero-order valence-corrected chi connectivity index (χ0v) is 12.9. The molecule has 0 amide bonds. The van der Waals surface area contributed by atoms with Crippen molar-refractivity contribution < 1.29 is 17.6 Å². The molecule has 0 heterocycles. The first-order chi connectivity index (χ1) is 9.85. The maximum Gasteiger partial charge on any atom is 0.446 e. The third-order valence-electron chi connectivity index (χ3n) is 2.59. The average molecular weight is 380 g/mol. The van der Waals surface area contributed by atoms with Crippen molar-refractivity contribution in [3.05, 3.63) is 58.3 Å². The van der Waals surface area contributed by atoms with Gasteiger partial charge in [0.25, 0.3) is 0 Å². The Morgan fingerprint density at radius 2 is 1.81 bits per heavy atom. The lowest BCUT2D eigenvalue weighted by molar-refractivity contribution is -0.0327. The summed E-state index contributed by atoms with van der Waals surface area (Å²) in [6.45, 7) is 0.0979. The highest BCUT2D eigenvalue weighted by Gasteiger charge is 2.30. The van der Waals surface area contributed by atoms with Gasteiger partial charge >= 0.3 is 5.51 Å². The van der Waals surface area contributed by atoms with E-state index in [0.717, 1.165) is 0 Å². The monoisotopic (exact) mass is 379 g/mol. The maximum atomic E-state index is 13.6. The molecule has 0 atom stereocenters. The molecule has 0 aromatic heterocycles. The summed E-state index contributed by atoms with van der Waals surface area (Å²) in [5.41, 5.74) is -3.67. The summed E-state index contributed by atoms with van der Waals surface area (Å²) in [6, 6.07) is 10.5. The normalized spacial score (nSPS) is 11.5. The fourth-order valence-electron chi connectivity index (χ4n) is 1.70. The zero-order chi connectivity index (χ0) is 15.5. The Morgan fingerprint density at radius 1 is 1.10 bits per heavy atom. The SMILES string of the molecule is Fc1ccc(Br)cc1CNc1ccccc1SC(F)(F)F. The van der Waals surface area contributed by atoms with Crippen LogP contribution in [0.1, 0.15) is 5.56 Å². The molecule has 21 heavy (non-hydrogen) atoms. The van der Waals surface area contributed by atoms with E-state index in [1.165, 1.54) is 24.3 Å². The Labute approximate surface area is 131 Å². The minimum atomic E-state index is -4.36. The fraction of sp³-hybridized carbons (Fsp3) is 0.143. The van der Waals surface area contributed by atoms with Crippen LogP contribution in [0.5, 0.6) is 0 Å². The third kappa shape index (κ3) is 4.93. The molecular weight excluding hydrogens is 370 g/mol. The van der Waals surface area contributed by atoms with Crippen LogP contribution in [0.25, 0.3) is 0 Å². The summed E-state index contributed by atoms with van der Waals surface area (Å²) in [5.74, 6) is -0.411. The average Bonchev–Trinajstić information content (AvgIpc) is 2.39. The lowest BCUT2D eigenvalue weighted by Crippen LogP contribution is -2.05. The largest absolute Gasteiger partial charge is 0.446 e. The van der Waals surface area contributed by atoms with Crippen LogP contribution in [0.3, 0.4) is 0 Å². The summed E-state index contributed by atoms with van der Waals surface area (Å²) >= 11 is 3.03. The minimum Gasteiger partial charge on any atom is -0.380 e. The summed E-state index contributed by atoms with van der Waals surface area (Å²) in [7, 11) is 0. The molecule has 1 N–H and O–H groups in total. The van der Waals surface area contributed by atoms with Crippen LogP contribution < -0.4 is 5.32 Å². The van der Waals surface area contributed by atoms with Crippen LogP contribution in [-0.2, 0) is 6.54 Å². The quantitative estimate of drug-likeness (QED) is 0.531. The van der Waals surface area contributed by atoms with E-state index < -0.39 is 11.3 Å². The molecule has 2 rings (SSSR count). The summed E-state index contributed by atoms with van der Waals surface area (Å²) in [6.07, 6.45) is 0. The number of benzene rings is 2. The van der Waals surface area contributed by atoms with Gasteiger partial charge in [-0.15, -0.1) is 0 Å². The second-order valence-corrected chi connectivity index (χ2v) is 6.16. The van der Waals surface area contributed by atoms with Crippen molar-refractivity contribution in [2.75, 3.05) is 5.32 Å². The lowest BCUT2D eigenvalue weighted by atomic mass is 10.2. The molecule has 7 heteroatoms. The number of hydrogen-bond donors (Lipinski definition) is 1. The van der Waals surface area contributed by atoms with E-state index in [1.807, 2.05) is 0 Å². The number of rotatable bonds is 4. The van der Waals surface area contributed by atoms with Crippen molar-refractivity contribution in [3.63, 3.8) is 0 Å². The van der Waals surface area contributed by atoms with E-state index >= 15 is 0 Å².